The van der Waals surface area contributed by atoms with Gasteiger partial charge >= 0.3 is 29.9 Å². The molecule has 0 saturated heterocycles. The van der Waals surface area contributed by atoms with Crippen LogP contribution < -0.4 is 4.74 Å². The number of hydrogen-bond acceptors (Lipinski definition) is 3. The van der Waals surface area contributed by atoms with E-state index >= 15 is 26.3 Å². The monoisotopic (exact) mass is 654 g/mol. The van der Waals surface area contributed by atoms with Crippen molar-refractivity contribution in [3.63, 3.8) is 0 Å². The van der Waals surface area contributed by atoms with Gasteiger partial charge in [-0.15, -0.1) is 0 Å². The topological polar surface area (TPSA) is 49.7 Å². The Morgan fingerprint density at radius 3 is 1.27 bits per heavy atom. The van der Waals surface area contributed by atoms with Gasteiger partial charge in [-0.3, -0.25) is 0 Å². The fraction of sp³-hybridized carbons (Fsp3) is 0.200. The fourth-order valence-corrected chi connectivity index (χ4v) is 4.70. The van der Waals surface area contributed by atoms with Crippen molar-refractivity contribution in [2.45, 2.75) is 35.5 Å². The van der Waals surface area contributed by atoms with Crippen LogP contribution in [-0.2, 0) is 23.2 Å². The number of ether oxygens (including phenoxy) is 1. The van der Waals surface area contributed by atoms with Gasteiger partial charge in [0, 0.05) is 5.56 Å². The van der Waals surface area contributed by atoms with Crippen LogP contribution in [0.15, 0.2) is 97.1 Å². The first-order valence-electron chi connectivity index (χ1n) is 12.4. The van der Waals surface area contributed by atoms with Crippen molar-refractivity contribution in [2.24, 2.45) is 0 Å². The van der Waals surface area contributed by atoms with E-state index in [2.05, 4.69) is 0 Å². The van der Waals surface area contributed by atoms with Crippen LogP contribution in [-0.4, -0.2) is 22.6 Å². The van der Waals surface area contributed by atoms with Crippen molar-refractivity contribution in [2.75, 3.05) is 0 Å². The van der Waals surface area contributed by atoms with Crippen molar-refractivity contribution in [1.82, 2.24) is 0 Å². The van der Waals surface area contributed by atoms with Gasteiger partial charge in [0.25, 0.3) is 5.67 Å². The molecule has 4 aromatic rings. The van der Waals surface area contributed by atoms with Crippen LogP contribution in [0, 0.1) is 0 Å². The molecule has 2 atom stereocenters. The maximum atomic E-state index is 16.8. The third-order valence-corrected chi connectivity index (χ3v) is 6.84. The lowest BCUT2D eigenvalue weighted by Gasteiger charge is -2.42. The molecule has 0 spiro atoms. The number of benzene rings is 4. The molecule has 240 valence electrons. The van der Waals surface area contributed by atoms with Gasteiger partial charge in [-0.25, -0.2) is 8.78 Å². The van der Waals surface area contributed by atoms with Crippen molar-refractivity contribution < 1.29 is 67.6 Å². The number of halogens is 12. The first-order valence-corrected chi connectivity index (χ1v) is 12.4. The van der Waals surface area contributed by atoms with Crippen LogP contribution in [0.25, 0.3) is 0 Å². The third kappa shape index (κ3) is 5.17. The lowest BCUT2D eigenvalue weighted by Crippen LogP contribution is -2.56. The minimum atomic E-state index is -7.00. The second-order valence-electron chi connectivity index (χ2n) is 9.59. The number of hydrogen-bond donors (Lipinski definition) is 2. The molecule has 3 nitrogen and oxygen atoms in total. The van der Waals surface area contributed by atoms with E-state index in [9.17, 15) is 36.6 Å². The van der Waals surface area contributed by atoms with E-state index in [0.717, 1.165) is 36.4 Å². The molecule has 0 bridgehead atoms. The summed E-state index contributed by atoms with van der Waals surface area (Å²) in [7, 11) is 0. The molecule has 45 heavy (non-hydrogen) atoms. The van der Waals surface area contributed by atoms with E-state index in [0.29, 0.717) is 24.3 Å². The molecule has 0 radical (unpaired) electrons. The van der Waals surface area contributed by atoms with Crippen molar-refractivity contribution in [3.05, 3.63) is 119 Å². The molecule has 0 fully saturated rings. The van der Waals surface area contributed by atoms with E-state index in [-0.39, 0.29) is 30.3 Å². The maximum Gasteiger partial charge on any atom is 0.433 e. The Morgan fingerprint density at radius 2 is 0.822 bits per heavy atom. The summed E-state index contributed by atoms with van der Waals surface area (Å²) in [4.78, 5) is 0. The minimum absolute atomic E-state index is 0.0960. The average Bonchev–Trinajstić information content (AvgIpc) is 2.95. The summed E-state index contributed by atoms with van der Waals surface area (Å²) in [6.07, 6.45) is -14.0. The van der Waals surface area contributed by atoms with Crippen LogP contribution in [0.5, 0.6) is 23.0 Å². The standard InChI is InChI=1S/C30H18F12O3/c31-25(29(37,38)39,27(33,34)18-11-4-6-14-21(18)43)20-13-8-16-23(45-17-9-2-1-3-10-17)24(20)26(32,30(40,41)42)28(35,36)19-12-5-7-15-22(19)44/h1-16,43-44H. The highest BCUT2D eigenvalue weighted by molar-refractivity contribution is 5.55. The minimum Gasteiger partial charge on any atom is -0.507 e. The SMILES string of the molecule is Oc1ccccc1C(F)(F)C(F)(c1cccc(Oc2ccccc2)c1C(F)(C(F)(F)F)C(F)(F)c1ccccc1O)C(F)(F)F. The maximum absolute atomic E-state index is 16.8. The second kappa shape index (κ2) is 11.1. The Balaban J connectivity index is 2.23. The molecular formula is C30H18F12O3. The predicted octanol–water partition coefficient (Wildman–Crippen LogP) is 9.93. The van der Waals surface area contributed by atoms with E-state index in [1.54, 1.807) is 0 Å². The quantitative estimate of drug-likeness (QED) is 0.186. The molecule has 4 aromatic carbocycles. The number of phenolic OH excluding ortho intramolecular Hbond substituents is 2. The summed E-state index contributed by atoms with van der Waals surface area (Å²) >= 11 is 0. The number of aromatic hydroxyl groups is 2. The molecule has 2 unspecified atom stereocenters. The van der Waals surface area contributed by atoms with Gasteiger partial charge in [0.05, 0.1) is 16.7 Å². The summed E-state index contributed by atoms with van der Waals surface area (Å²) in [5.41, 5.74) is -23.1. The average molecular weight is 654 g/mol. The van der Waals surface area contributed by atoms with Gasteiger partial charge < -0.3 is 14.9 Å². The number of alkyl halides is 12. The van der Waals surface area contributed by atoms with E-state index < -0.39 is 80.8 Å². The van der Waals surface area contributed by atoms with E-state index in [4.69, 9.17) is 4.74 Å². The smallest absolute Gasteiger partial charge is 0.433 e. The van der Waals surface area contributed by atoms with E-state index in [1.807, 2.05) is 0 Å². The molecule has 0 aliphatic heterocycles. The predicted molar refractivity (Wildman–Crippen MR) is 135 cm³/mol. The largest absolute Gasteiger partial charge is 0.507 e. The molecule has 4 rings (SSSR count). The van der Waals surface area contributed by atoms with Crippen molar-refractivity contribution >= 4 is 0 Å². The molecule has 0 aliphatic carbocycles. The summed E-state index contributed by atoms with van der Waals surface area (Å²) in [5, 5.41) is 19.8. The fourth-order valence-electron chi connectivity index (χ4n) is 4.70. The second-order valence-corrected chi connectivity index (χ2v) is 9.59. The normalized spacial score (nSPS) is 15.6. The van der Waals surface area contributed by atoms with Gasteiger partial charge in [0.1, 0.15) is 23.0 Å². The third-order valence-electron chi connectivity index (χ3n) is 6.84. The number of rotatable bonds is 8. The molecule has 2 N–H and O–H groups in total. The Kier molecular flexibility index (Phi) is 8.23. The molecule has 0 aromatic heterocycles. The Hall–Kier alpha value is -4.56. The first-order chi connectivity index (χ1) is 20.7. The summed E-state index contributed by atoms with van der Waals surface area (Å²) in [6.45, 7) is 0. The summed E-state index contributed by atoms with van der Waals surface area (Å²) in [6, 6.07) is 9.53. The number of phenols is 2. The zero-order valence-corrected chi connectivity index (χ0v) is 22.1. The van der Waals surface area contributed by atoms with Crippen molar-refractivity contribution in [3.8, 4) is 23.0 Å². The van der Waals surface area contributed by atoms with Crippen LogP contribution in [0.4, 0.5) is 52.7 Å². The van der Waals surface area contributed by atoms with Crippen LogP contribution >= 0.6 is 0 Å². The zero-order chi connectivity index (χ0) is 33.6. The zero-order valence-electron chi connectivity index (χ0n) is 22.1. The molecule has 0 saturated carbocycles. The Bertz CT molecular complexity index is 1670. The lowest BCUT2D eigenvalue weighted by molar-refractivity contribution is -0.326. The molecular weight excluding hydrogens is 636 g/mol. The van der Waals surface area contributed by atoms with Crippen LogP contribution in [0.1, 0.15) is 22.3 Å². The van der Waals surface area contributed by atoms with Gasteiger partial charge in [-0.1, -0.05) is 54.6 Å². The van der Waals surface area contributed by atoms with Gasteiger partial charge in [0.2, 0.25) is 0 Å². The Labute approximate surface area is 245 Å². The van der Waals surface area contributed by atoms with E-state index in [1.165, 1.54) is 6.07 Å². The highest BCUT2D eigenvalue weighted by atomic mass is 19.4. The highest BCUT2D eigenvalue weighted by Crippen LogP contribution is 2.66. The lowest BCUT2D eigenvalue weighted by atomic mass is 9.74. The van der Waals surface area contributed by atoms with Gasteiger partial charge in [-0.05, 0) is 42.5 Å². The molecule has 0 amide bonds. The Morgan fingerprint density at radius 1 is 0.422 bits per heavy atom. The molecule has 0 aliphatic rings. The van der Waals surface area contributed by atoms with Crippen LogP contribution in [0.2, 0.25) is 0 Å². The molecule has 0 heterocycles. The van der Waals surface area contributed by atoms with Crippen LogP contribution in [0.3, 0.4) is 0 Å². The van der Waals surface area contributed by atoms with Gasteiger partial charge in [-0.2, -0.15) is 43.9 Å². The molecule has 15 heteroatoms. The first kappa shape index (κ1) is 33.3. The van der Waals surface area contributed by atoms with Crippen molar-refractivity contribution in [1.29, 1.82) is 0 Å². The summed E-state index contributed by atoms with van der Waals surface area (Å²) in [5.74, 6) is -18.0. The number of para-hydroxylation sites is 3. The summed E-state index contributed by atoms with van der Waals surface area (Å²) < 4.78 is 190. The van der Waals surface area contributed by atoms with Gasteiger partial charge in [0.15, 0.2) is 0 Å². The highest BCUT2D eigenvalue weighted by Gasteiger charge is 2.79.